The molecule has 1 aromatic heterocycles. The zero-order chi connectivity index (χ0) is 25.3. The van der Waals surface area contributed by atoms with Crippen LogP contribution < -0.4 is 5.32 Å². The highest BCUT2D eigenvalue weighted by atomic mass is 16.6. The minimum atomic E-state index is -0.612. The first kappa shape index (κ1) is 24.3. The van der Waals surface area contributed by atoms with Crippen LogP contribution in [-0.2, 0) is 23.1 Å². The summed E-state index contributed by atoms with van der Waals surface area (Å²) in [7, 11) is 1.90. The van der Waals surface area contributed by atoms with Crippen LogP contribution in [0.5, 0.6) is 0 Å². The second-order valence-electron chi connectivity index (χ2n) is 9.66. The SMILES string of the molecule is CCOC(=O)c1c(CNC(=O)OC(C)(C)C)n(C)c2cc(-c3cccc4c(C)cccc34)ccc12. The van der Waals surface area contributed by atoms with Crippen molar-refractivity contribution in [3.63, 3.8) is 0 Å². The zero-order valence-electron chi connectivity index (χ0n) is 21.2. The van der Waals surface area contributed by atoms with E-state index in [-0.39, 0.29) is 13.2 Å². The van der Waals surface area contributed by atoms with E-state index in [1.807, 2.05) is 44.5 Å². The number of hydrogen-bond donors (Lipinski definition) is 1. The Morgan fingerprint density at radius 3 is 2.40 bits per heavy atom. The summed E-state index contributed by atoms with van der Waals surface area (Å²) in [6.07, 6.45) is -0.538. The van der Waals surface area contributed by atoms with E-state index in [4.69, 9.17) is 9.47 Å². The molecule has 35 heavy (non-hydrogen) atoms. The Morgan fingerprint density at radius 1 is 0.971 bits per heavy atom. The predicted octanol–water partition coefficient (Wildman–Crippen LogP) is 6.51. The molecular formula is C29H32N2O4. The fourth-order valence-electron chi connectivity index (χ4n) is 4.48. The molecule has 0 unspecified atom stereocenters. The second-order valence-corrected chi connectivity index (χ2v) is 9.66. The summed E-state index contributed by atoms with van der Waals surface area (Å²) in [6.45, 7) is 9.72. The van der Waals surface area contributed by atoms with Gasteiger partial charge in [0, 0.05) is 18.0 Å². The molecule has 0 saturated carbocycles. The van der Waals surface area contributed by atoms with Crippen molar-refractivity contribution < 1.29 is 19.1 Å². The first-order valence-corrected chi connectivity index (χ1v) is 11.8. The highest BCUT2D eigenvalue weighted by Gasteiger charge is 2.24. The number of nitrogens with zero attached hydrogens (tertiary/aromatic N) is 1. The van der Waals surface area contributed by atoms with E-state index < -0.39 is 17.7 Å². The lowest BCUT2D eigenvalue weighted by molar-refractivity contribution is 0.0502. The van der Waals surface area contributed by atoms with Crippen LogP contribution in [0.1, 0.15) is 49.3 Å². The minimum absolute atomic E-state index is 0.136. The van der Waals surface area contributed by atoms with Gasteiger partial charge in [0.25, 0.3) is 0 Å². The molecular weight excluding hydrogens is 440 g/mol. The Labute approximate surface area is 205 Å². The molecule has 0 bridgehead atoms. The van der Waals surface area contributed by atoms with Crippen LogP contribution in [-0.4, -0.2) is 28.8 Å². The molecule has 0 saturated heterocycles. The molecule has 1 amide bonds. The number of aromatic nitrogens is 1. The maximum absolute atomic E-state index is 13.0. The summed E-state index contributed by atoms with van der Waals surface area (Å²) < 4.78 is 12.7. The number of amides is 1. The standard InChI is InChI=1S/C29H32N2O4/c1-7-34-27(32)26-23-15-14-19(21-12-9-11-20-18(2)10-8-13-22(20)21)16-24(23)31(6)25(26)17-30-28(33)35-29(3,4)5/h8-16H,7,17H2,1-6H3,(H,30,33). The van der Waals surface area contributed by atoms with Crippen LogP contribution in [0, 0.1) is 6.92 Å². The minimum Gasteiger partial charge on any atom is -0.462 e. The van der Waals surface area contributed by atoms with E-state index in [0.717, 1.165) is 22.0 Å². The zero-order valence-corrected chi connectivity index (χ0v) is 21.2. The number of benzene rings is 3. The van der Waals surface area contributed by atoms with E-state index in [1.165, 1.54) is 16.3 Å². The van der Waals surface area contributed by atoms with Crippen LogP contribution in [0.2, 0.25) is 0 Å². The molecule has 6 nitrogen and oxygen atoms in total. The fraction of sp³-hybridized carbons (Fsp3) is 0.310. The molecule has 4 aromatic rings. The largest absolute Gasteiger partial charge is 0.462 e. The maximum Gasteiger partial charge on any atom is 0.407 e. The van der Waals surface area contributed by atoms with Crippen LogP contribution in [0.15, 0.2) is 54.6 Å². The van der Waals surface area contributed by atoms with Gasteiger partial charge in [-0.1, -0.05) is 48.5 Å². The summed E-state index contributed by atoms with van der Waals surface area (Å²) in [6, 6.07) is 18.7. The van der Waals surface area contributed by atoms with Crippen LogP contribution in [0.3, 0.4) is 0 Å². The average Bonchev–Trinajstić information content (AvgIpc) is 3.08. The summed E-state index contributed by atoms with van der Waals surface area (Å²) in [5, 5.41) is 5.96. The van der Waals surface area contributed by atoms with Crippen LogP contribution in [0.25, 0.3) is 32.8 Å². The Hall–Kier alpha value is -3.80. The van der Waals surface area contributed by atoms with Gasteiger partial charge in [-0.25, -0.2) is 9.59 Å². The van der Waals surface area contributed by atoms with Crippen molar-refractivity contribution in [3.8, 4) is 11.1 Å². The Bertz CT molecular complexity index is 1430. The monoisotopic (exact) mass is 472 g/mol. The van der Waals surface area contributed by atoms with E-state index in [1.54, 1.807) is 6.92 Å². The van der Waals surface area contributed by atoms with Gasteiger partial charge in [-0.05, 0) is 68.1 Å². The molecule has 0 fully saturated rings. The second kappa shape index (κ2) is 9.45. The van der Waals surface area contributed by atoms with Gasteiger partial charge >= 0.3 is 12.1 Å². The number of hydrogen-bond acceptors (Lipinski definition) is 4. The summed E-state index contributed by atoms with van der Waals surface area (Å²) in [5.41, 5.74) is 4.80. The van der Waals surface area contributed by atoms with Gasteiger partial charge < -0.3 is 19.4 Å². The van der Waals surface area contributed by atoms with Gasteiger partial charge in [0.2, 0.25) is 0 Å². The number of alkyl carbamates (subject to hydrolysis) is 1. The maximum atomic E-state index is 13.0. The molecule has 4 rings (SSSR count). The van der Waals surface area contributed by atoms with Crippen molar-refractivity contribution in [2.75, 3.05) is 6.61 Å². The van der Waals surface area contributed by atoms with Crippen molar-refractivity contribution in [2.24, 2.45) is 7.05 Å². The van der Waals surface area contributed by atoms with Crippen molar-refractivity contribution >= 4 is 33.7 Å². The fourth-order valence-corrected chi connectivity index (χ4v) is 4.48. The van der Waals surface area contributed by atoms with Crippen molar-refractivity contribution in [1.82, 2.24) is 9.88 Å². The summed E-state index contributed by atoms with van der Waals surface area (Å²) >= 11 is 0. The topological polar surface area (TPSA) is 69.6 Å². The lowest BCUT2D eigenvalue weighted by Gasteiger charge is -2.20. The van der Waals surface area contributed by atoms with Gasteiger partial charge in [-0.2, -0.15) is 0 Å². The lowest BCUT2D eigenvalue weighted by Crippen LogP contribution is -2.33. The number of carbonyl (C=O) groups excluding carboxylic acids is 2. The van der Waals surface area contributed by atoms with Crippen LogP contribution in [0.4, 0.5) is 4.79 Å². The van der Waals surface area contributed by atoms with E-state index in [2.05, 4.69) is 54.7 Å². The lowest BCUT2D eigenvalue weighted by atomic mass is 9.95. The highest BCUT2D eigenvalue weighted by molar-refractivity contribution is 6.08. The number of esters is 1. The number of fused-ring (bicyclic) bond motifs is 2. The van der Waals surface area contributed by atoms with Crippen LogP contribution >= 0.6 is 0 Å². The van der Waals surface area contributed by atoms with Crippen molar-refractivity contribution in [3.05, 3.63) is 71.4 Å². The molecule has 0 aliphatic heterocycles. The third kappa shape index (κ3) is 4.87. The summed E-state index contributed by atoms with van der Waals surface area (Å²) in [4.78, 5) is 25.3. The number of ether oxygens (including phenoxy) is 2. The van der Waals surface area contributed by atoms with E-state index in [9.17, 15) is 9.59 Å². The molecule has 0 radical (unpaired) electrons. The van der Waals surface area contributed by atoms with Gasteiger partial charge in [0.15, 0.2) is 0 Å². The van der Waals surface area contributed by atoms with Gasteiger partial charge in [-0.3, -0.25) is 0 Å². The first-order chi connectivity index (χ1) is 16.6. The Kier molecular flexibility index (Phi) is 6.57. The molecule has 0 aliphatic carbocycles. The molecule has 0 atom stereocenters. The third-order valence-corrected chi connectivity index (χ3v) is 6.05. The number of carbonyl (C=O) groups is 2. The predicted molar refractivity (Wildman–Crippen MR) is 140 cm³/mol. The van der Waals surface area contributed by atoms with Gasteiger partial charge in [-0.15, -0.1) is 0 Å². The summed E-state index contributed by atoms with van der Waals surface area (Å²) in [5.74, 6) is -0.410. The molecule has 3 aromatic carbocycles. The highest BCUT2D eigenvalue weighted by Crippen LogP contribution is 2.34. The number of aryl methyl sites for hydroxylation is 2. The molecule has 1 heterocycles. The molecule has 0 spiro atoms. The number of rotatable bonds is 5. The normalized spacial score (nSPS) is 11.6. The first-order valence-electron chi connectivity index (χ1n) is 11.8. The molecule has 182 valence electrons. The quantitative estimate of drug-likeness (QED) is 0.336. The van der Waals surface area contributed by atoms with E-state index in [0.29, 0.717) is 11.3 Å². The van der Waals surface area contributed by atoms with Gasteiger partial charge in [0.05, 0.1) is 24.4 Å². The van der Waals surface area contributed by atoms with Crippen molar-refractivity contribution in [2.45, 2.75) is 46.8 Å². The van der Waals surface area contributed by atoms with E-state index >= 15 is 0 Å². The molecule has 0 aliphatic rings. The molecule has 6 heteroatoms. The molecule has 1 N–H and O–H groups in total. The van der Waals surface area contributed by atoms with Crippen molar-refractivity contribution in [1.29, 1.82) is 0 Å². The Morgan fingerprint density at radius 2 is 1.69 bits per heavy atom. The Balaban J connectivity index is 1.82. The number of nitrogens with one attached hydrogen (secondary N) is 1. The third-order valence-electron chi connectivity index (χ3n) is 6.05. The van der Waals surface area contributed by atoms with Gasteiger partial charge in [0.1, 0.15) is 5.60 Å². The smallest absolute Gasteiger partial charge is 0.407 e. The average molecular weight is 473 g/mol.